The van der Waals surface area contributed by atoms with Gasteiger partial charge in [-0.1, -0.05) is 49.6 Å². The van der Waals surface area contributed by atoms with Gasteiger partial charge in [0, 0.05) is 11.2 Å². The second-order valence-corrected chi connectivity index (χ2v) is 10.6. The van der Waals surface area contributed by atoms with Crippen molar-refractivity contribution in [3.05, 3.63) is 65.7 Å². The molecular formula is C26H33BFN5O2. The predicted octanol–water partition coefficient (Wildman–Crippen LogP) is 4.82. The third-order valence-electron chi connectivity index (χ3n) is 7.65. The molecule has 2 fully saturated rings. The van der Waals surface area contributed by atoms with Crippen molar-refractivity contribution in [3.63, 3.8) is 0 Å². The molecule has 1 aliphatic heterocycles. The summed E-state index contributed by atoms with van der Waals surface area (Å²) in [4.78, 5) is 0. The molecule has 0 bridgehead atoms. The normalized spacial score (nSPS) is 20.7. The predicted molar refractivity (Wildman–Crippen MR) is 134 cm³/mol. The first-order valence-corrected chi connectivity index (χ1v) is 12.5. The van der Waals surface area contributed by atoms with E-state index in [4.69, 9.17) is 9.31 Å². The molecule has 1 unspecified atom stereocenters. The van der Waals surface area contributed by atoms with E-state index >= 15 is 4.39 Å². The Bertz CT molecular complexity index is 1150. The fourth-order valence-corrected chi connectivity index (χ4v) is 4.86. The van der Waals surface area contributed by atoms with Gasteiger partial charge >= 0.3 is 7.12 Å². The molecule has 184 valence electrons. The fourth-order valence-electron chi connectivity index (χ4n) is 4.86. The molecule has 0 spiro atoms. The van der Waals surface area contributed by atoms with Crippen LogP contribution in [0.15, 0.2) is 48.5 Å². The van der Waals surface area contributed by atoms with Crippen molar-refractivity contribution in [1.82, 2.24) is 20.2 Å². The Morgan fingerprint density at radius 1 is 1.00 bits per heavy atom. The number of rotatable bonds is 6. The van der Waals surface area contributed by atoms with Gasteiger partial charge < -0.3 is 14.6 Å². The lowest BCUT2D eigenvalue weighted by molar-refractivity contribution is 0.00578. The van der Waals surface area contributed by atoms with Crippen molar-refractivity contribution in [3.8, 4) is 0 Å². The fraction of sp³-hybridized carbons (Fsp3) is 0.500. The van der Waals surface area contributed by atoms with Gasteiger partial charge in [-0.3, -0.25) is 0 Å². The van der Waals surface area contributed by atoms with Crippen LogP contribution in [0, 0.1) is 5.82 Å². The van der Waals surface area contributed by atoms with Crippen LogP contribution in [0.1, 0.15) is 83.3 Å². The van der Waals surface area contributed by atoms with Gasteiger partial charge in [0.2, 0.25) is 0 Å². The maximum absolute atomic E-state index is 15.6. The van der Waals surface area contributed by atoms with Crippen LogP contribution < -0.4 is 10.8 Å². The molecule has 1 N–H and O–H groups in total. The number of nitrogens with zero attached hydrogens (tertiary/aromatic N) is 4. The Hall–Kier alpha value is -2.78. The van der Waals surface area contributed by atoms with Crippen LogP contribution in [0.2, 0.25) is 0 Å². The molecule has 9 heteroatoms. The van der Waals surface area contributed by atoms with Gasteiger partial charge in [-0.15, -0.1) is 5.10 Å². The molecule has 1 aliphatic carbocycles. The number of hydrogen-bond acceptors (Lipinski definition) is 6. The lowest BCUT2D eigenvalue weighted by atomic mass is 9.78. The van der Waals surface area contributed by atoms with Crippen molar-refractivity contribution in [2.75, 3.05) is 5.32 Å². The summed E-state index contributed by atoms with van der Waals surface area (Å²) in [5, 5.41) is 16.3. The molecule has 0 radical (unpaired) electrons. The van der Waals surface area contributed by atoms with Crippen molar-refractivity contribution in [2.24, 2.45) is 0 Å². The number of tetrazole rings is 1. The molecular weight excluding hydrogens is 444 g/mol. The Kier molecular flexibility index (Phi) is 6.40. The van der Waals surface area contributed by atoms with E-state index in [0.717, 1.165) is 36.9 Å². The van der Waals surface area contributed by atoms with Crippen LogP contribution in [0.5, 0.6) is 0 Å². The van der Waals surface area contributed by atoms with E-state index in [1.165, 1.54) is 6.42 Å². The first kappa shape index (κ1) is 23.9. The smallest absolute Gasteiger partial charge is 0.399 e. The molecule has 1 saturated carbocycles. The summed E-state index contributed by atoms with van der Waals surface area (Å²) in [5.41, 5.74) is 0.951. The van der Waals surface area contributed by atoms with Gasteiger partial charge in [-0.2, -0.15) is 0 Å². The average Bonchev–Trinajstić information content (AvgIpc) is 3.40. The van der Waals surface area contributed by atoms with E-state index < -0.39 is 24.4 Å². The van der Waals surface area contributed by atoms with Crippen molar-refractivity contribution in [1.29, 1.82) is 0 Å². The van der Waals surface area contributed by atoms with Crippen LogP contribution in [0.4, 0.5) is 10.1 Å². The van der Waals surface area contributed by atoms with E-state index in [9.17, 15) is 0 Å². The highest BCUT2D eigenvalue weighted by molar-refractivity contribution is 6.62. The lowest BCUT2D eigenvalue weighted by Crippen LogP contribution is -2.41. The van der Waals surface area contributed by atoms with Crippen LogP contribution >= 0.6 is 0 Å². The number of halogens is 1. The number of aromatic nitrogens is 4. The second-order valence-electron chi connectivity index (χ2n) is 10.6. The van der Waals surface area contributed by atoms with Gasteiger partial charge in [0.1, 0.15) is 11.9 Å². The van der Waals surface area contributed by atoms with Gasteiger partial charge in [0.15, 0.2) is 5.82 Å². The Morgan fingerprint density at radius 3 is 2.34 bits per heavy atom. The minimum Gasteiger partial charge on any atom is -0.399 e. The topological polar surface area (TPSA) is 74.1 Å². The standard InChI is InChI=1S/C26H33BFN5O2/c1-25(2)26(3,4)35-27(34-25)21-16-15-18(17-22(21)28)23(29-19-11-7-5-8-12-19)24-30-31-32-33(24)20-13-9-6-10-14-20/h5,7-8,11-12,15-17,20,23,29H,6,9-10,13-14H2,1-4H3. The third-order valence-corrected chi connectivity index (χ3v) is 7.65. The van der Waals surface area contributed by atoms with Crippen molar-refractivity contribution in [2.45, 2.75) is 83.1 Å². The number of para-hydroxylation sites is 1. The highest BCUT2D eigenvalue weighted by Gasteiger charge is 2.52. The number of anilines is 1. The SMILES string of the molecule is CC1(C)OB(c2ccc(C(Nc3ccccc3)c3nnnn3C3CCCCC3)cc2F)OC1(C)C. The number of nitrogens with one attached hydrogen (secondary N) is 1. The average molecular weight is 477 g/mol. The Balaban J connectivity index is 1.50. The second kappa shape index (κ2) is 9.35. The first-order chi connectivity index (χ1) is 16.7. The molecule has 2 aliphatic rings. The minimum absolute atomic E-state index is 0.252. The molecule has 35 heavy (non-hydrogen) atoms. The van der Waals surface area contributed by atoms with E-state index in [2.05, 4.69) is 20.8 Å². The molecule has 1 saturated heterocycles. The quantitative estimate of drug-likeness (QED) is 0.514. The minimum atomic E-state index is -0.762. The largest absolute Gasteiger partial charge is 0.497 e. The van der Waals surface area contributed by atoms with Gasteiger partial charge in [-0.05, 0) is 74.7 Å². The molecule has 0 amide bonds. The van der Waals surface area contributed by atoms with Crippen molar-refractivity contribution < 1.29 is 13.7 Å². The van der Waals surface area contributed by atoms with Crippen LogP contribution in [-0.2, 0) is 9.31 Å². The highest BCUT2D eigenvalue weighted by Crippen LogP contribution is 2.37. The summed E-state index contributed by atoms with van der Waals surface area (Å²) >= 11 is 0. The third kappa shape index (κ3) is 4.71. The summed E-state index contributed by atoms with van der Waals surface area (Å²) < 4.78 is 29.7. The number of hydrogen-bond donors (Lipinski definition) is 1. The van der Waals surface area contributed by atoms with Gasteiger partial charge in [0.05, 0.1) is 17.2 Å². The molecule has 7 nitrogen and oxygen atoms in total. The van der Waals surface area contributed by atoms with Gasteiger partial charge in [0.25, 0.3) is 0 Å². The Labute approximate surface area is 206 Å². The van der Waals surface area contributed by atoms with E-state index in [1.54, 1.807) is 12.1 Å². The summed E-state index contributed by atoms with van der Waals surface area (Å²) in [6.45, 7) is 7.85. The Morgan fingerprint density at radius 2 is 1.69 bits per heavy atom. The lowest BCUT2D eigenvalue weighted by Gasteiger charge is -2.32. The van der Waals surface area contributed by atoms with E-state index in [1.807, 2.05) is 68.8 Å². The molecule has 1 aromatic heterocycles. The van der Waals surface area contributed by atoms with Crippen LogP contribution in [-0.4, -0.2) is 38.5 Å². The molecule has 5 rings (SSSR count). The molecule has 2 aromatic carbocycles. The van der Waals surface area contributed by atoms with Crippen molar-refractivity contribution >= 4 is 18.3 Å². The van der Waals surface area contributed by atoms with Crippen LogP contribution in [0.25, 0.3) is 0 Å². The van der Waals surface area contributed by atoms with E-state index in [0.29, 0.717) is 11.3 Å². The maximum atomic E-state index is 15.6. The van der Waals surface area contributed by atoms with E-state index in [-0.39, 0.29) is 11.9 Å². The molecule has 2 heterocycles. The first-order valence-electron chi connectivity index (χ1n) is 12.5. The summed E-state index contributed by atoms with van der Waals surface area (Å²) in [5.74, 6) is 0.307. The molecule has 1 atom stereocenters. The molecule has 3 aromatic rings. The highest BCUT2D eigenvalue weighted by atomic mass is 19.1. The summed E-state index contributed by atoms with van der Waals surface area (Å²) in [7, 11) is -0.762. The van der Waals surface area contributed by atoms with Gasteiger partial charge in [-0.25, -0.2) is 9.07 Å². The zero-order valence-electron chi connectivity index (χ0n) is 20.9. The maximum Gasteiger partial charge on any atom is 0.497 e. The zero-order valence-corrected chi connectivity index (χ0v) is 20.9. The number of benzene rings is 2. The zero-order chi connectivity index (χ0) is 24.6. The summed E-state index contributed by atoms with van der Waals surface area (Å²) in [6, 6.07) is 14.9. The van der Waals surface area contributed by atoms with Crippen LogP contribution in [0.3, 0.4) is 0 Å². The monoisotopic (exact) mass is 477 g/mol. The summed E-state index contributed by atoms with van der Waals surface area (Å²) in [6.07, 6.45) is 5.66.